The van der Waals surface area contributed by atoms with Crippen LogP contribution in [0.4, 0.5) is 16.2 Å². The van der Waals surface area contributed by atoms with Gasteiger partial charge in [0.1, 0.15) is 0 Å². The number of benzene rings is 2. The normalized spacial score (nSPS) is 14.1. The molecule has 0 unspecified atom stereocenters. The molecule has 0 saturated carbocycles. The number of nitrogens with one attached hydrogen (secondary N) is 1. The summed E-state index contributed by atoms with van der Waals surface area (Å²) in [5.74, 6) is -0.190. The summed E-state index contributed by atoms with van der Waals surface area (Å²) in [4.78, 5) is 33.9. The van der Waals surface area contributed by atoms with Gasteiger partial charge in [-0.15, -0.1) is 0 Å². The van der Waals surface area contributed by atoms with E-state index in [2.05, 4.69) is 10.3 Å². The molecule has 0 spiro atoms. The summed E-state index contributed by atoms with van der Waals surface area (Å²) in [6.45, 7) is 3.26. The van der Waals surface area contributed by atoms with Crippen molar-refractivity contribution in [3.8, 4) is 0 Å². The molecule has 0 atom stereocenters. The molecule has 0 radical (unpaired) electrons. The molecule has 3 heterocycles. The standard InChI is InChI=1S/C24H23N5O2/c1-15-14-25-21-18(22(15)29-13-12-28(3)24(29)31)7-4-8-19(21)26-23(30)17-6-5-9-20-16(17)10-11-27(20)2/h4-11,14H,12-13H2,1-3H3,(H,26,30). The highest BCUT2D eigenvalue weighted by Gasteiger charge is 2.29. The number of nitrogens with zero attached hydrogens (tertiary/aromatic N) is 4. The molecule has 0 aliphatic carbocycles. The van der Waals surface area contributed by atoms with Gasteiger partial charge in [0.25, 0.3) is 5.91 Å². The number of aromatic nitrogens is 2. The van der Waals surface area contributed by atoms with Crippen LogP contribution in [0.1, 0.15) is 15.9 Å². The number of rotatable bonds is 3. The van der Waals surface area contributed by atoms with Gasteiger partial charge in [0.05, 0.1) is 16.9 Å². The summed E-state index contributed by atoms with van der Waals surface area (Å²) in [6, 6.07) is 13.3. The predicted molar refractivity (Wildman–Crippen MR) is 123 cm³/mol. The number of amides is 3. The zero-order chi connectivity index (χ0) is 21.7. The number of hydrogen-bond acceptors (Lipinski definition) is 3. The lowest BCUT2D eigenvalue weighted by Gasteiger charge is -2.21. The molecule has 1 saturated heterocycles. The fraction of sp³-hybridized carbons (Fsp3) is 0.208. The third kappa shape index (κ3) is 3.01. The smallest absolute Gasteiger partial charge is 0.324 e. The number of pyridine rings is 1. The highest BCUT2D eigenvalue weighted by Crippen LogP contribution is 2.34. The first-order valence-corrected chi connectivity index (χ1v) is 10.2. The van der Waals surface area contributed by atoms with E-state index in [1.165, 1.54) is 0 Å². The van der Waals surface area contributed by atoms with Gasteiger partial charge in [-0.05, 0) is 36.8 Å². The monoisotopic (exact) mass is 413 g/mol. The molecule has 5 rings (SSSR count). The van der Waals surface area contributed by atoms with Gasteiger partial charge in [0.2, 0.25) is 0 Å². The maximum atomic E-state index is 13.2. The van der Waals surface area contributed by atoms with E-state index in [9.17, 15) is 9.59 Å². The molecule has 7 nitrogen and oxygen atoms in total. The highest BCUT2D eigenvalue weighted by atomic mass is 16.2. The Balaban J connectivity index is 1.57. The zero-order valence-electron chi connectivity index (χ0n) is 17.7. The molecular weight excluding hydrogens is 390 g/mol. The van der Waals surface area contributed by atoms with Crippen molar-refractivity contribution in [2.75, 3.05) is 30.4 Å². The van der Waals surface area contributed by atoms with Gasteiger partial charge in [0.15, 0.2) is 0 Å². The highest BCUT2D eigenvalue weighted by molar-refractivity contribution is 6.16. The van der Waals surface area contributed by atoms with E-state index >= 15 is 0 Å². The molecule has 1 fully saturated rings. The summed E-state index contributed by atoms with van der Waals surface area (Å²) in [6.07, 6.45) is 3.71. The van der Waals surface area contributed by atoms with E-state index in [0.29, 0.717) is 29.9 Å². The predicted octanol–water partition coefficient (Wildman–Crippen LogP) is 4.16. The molecule has 7 heteroatoms. The largest absolute Gasteiger partial charge is 0.351 e. The Morgan fingerprint density at radius 1 is 1.03 bits per heavy atom. The van der Waals surface area contributed by atoms with E-state index in [-0.39, 0.29) is 11.9 Å². The zero-order valence-corrected chi connectivity index (χ0v) is 17.7. The van der Waals surface area contributed by atoms with Crippen LogP contribution in [0.2, 0.25) is 0 Å². The average Bonchev–Trinajstić information content (AvgIpc) is 3.30. The first kappa shape index (κ1) is 19.1. The Bertz CT molecular complexity index is 1360. The molecule has 1 aliphatic rings. The van der Waals surface area contributed by atoms with Crippen molar-refractivity contribution in [1.82, 2.24) is 14.5 Å². The molecule has 3 amide bonds. The maximum Gasteiger partial charge on any atom is 0.324 e. The second kappa shape index (κ2) is 7.12. The van der Waals surface area contributed by atoms with E-state index in [4.69, 9.17) is 0 Å². The number of para-hydroxylation sites is 1. The summed E-state index contributed by atoms with van der Waals surface area (Å²) in [7, 11) is 3.76. The molecule has 4 aromatic rings. The first-order chi connectivity index (χ1) is 15.0. The van der Waals surface area contributed by atoms with E-state index in [1.54, 1.807) is 23.0 Å². The molecule has 1 N–H and O–H groups in total. The number of hydrogen-bond donors (Lipinski definition) is 1. The number of aryl methyl sites for hydroxylation is 2. The first-order valence-electron chi connectivity index (χ1n) is 10.2. The van der Waals surface area contributed by atoms with Gasteiger partial charge in [-0.25, -0.2) is 4.79 Å². The number of carbonyl (C=O) groups is 2. The molecule has 156 valence electrons. The number of likely N-dealkylation sites (N-methyl/N-ethyl adjacent to an activating group) is 1. The van der Waals surface area contributed by atoms with Crippen LogP contribution in [-0.2, 0) is 7.05 Å². The minimum atomic E-state index is -0.190. The second-order valence-electron chi connectivity index (χ2n) is 7.97. The van der Waals surface area contributed by atoms with Gasteiger partial charge < -0.3 is 14.8 Å². The van der Waals surface area contributed by atoms with Crippen molar-refractivity contribution in [2.24, 2.45) is 7.05 Å². The van der Waals surface area contributed by atoms with Gasteiger partial charge in [-0.3, -0.25) is 14.7 Å². The number of fused-ring (bicyclic) bond motifs is 2. The lowest BCUT2D eigenvalue weighted by molar-refractivity contribution is 0.102. The lowest BCUT2D eigenvalue weighted by atomic mass is 10.1. The van der Waals surface area contributed by atoms with Gasteiger partial charge >= 0.3 is 6.03 Å². The van der Waals surface area contributed by atoms with Gasteiger partial charge in [0, 0.05) is 61.4 Å². The topological polar surface area (TPSA) is 70.5 Å². The van der Waals surface area contributed by atoms with Crippen molar-refractivity contribution in [3.63, 3.8) is 0 Å². The lowest BCUT2D eigenvalue weighted by Crippen LogP contribution is -2.30. The minimum Gasteiger partial charge on any atom is -0.351 e. The quantitative estimate of drug-likeness (QED) is 0.548. The van der Waals surface area contributed by atoms with E-state index < -0.39 is 0 Å². The summed E-state index contributed by atoms with van der Waals surface area (Å²) >= 11 is 0. The average molecular weight is 413 g/mol. The van der Waals surface area contributed by atoms with Crippen molar-refractivity contribution in [3.05, 3.63) is 66.0 Å². The summed E-state index contributed by atoms with van der Waals surface area (Å²) in [5, 5.41) is 4.78. The van der Waals surface area contributed by atoms with E-state index in [1.807, 2.05) is 67.2 Å². The number of urea groups is 1. The van der Waals surface area contributed by atoms with Crippen LogP contribution in [0.3, 0.4) is 0 Å². The molecule has 2 aromatic heterocycles. The Hall–Kier alpha value is -3.87. The maximum absolute atomic E-state index is 13.2. The molecular formula is C24H23N5O2. The van der Waals surface area contributed by atoms with Gasteiger partial charge in [-0.2, -0.15) is 0 Å². The van der Waals surface area contributed by atoms with Crippen LogP contribution >= 0.6 is 0 Å². The van der Waals surface area contributed by atoms with Crippen LogP contribution in [-0.4, -0.2) is 46.5 Å². The van der Waals surface area contributed by atoms with Crippen LogP contribution in [0.15, 0.2) is 54.9 Å². The van der Waals surface area contributed by atoms with Crippen LogP contribution < -0.4 is 10.2 Å². The third-order valence-electron chi connectivity index (χ3n) is 5.96. The van der Waals surface area contributed by atoms with Crippen molar-refractivity contribution >= 4 is 45.1 Å². The second-order valence-corrected chi connectivity index (χ2v) is 7.97. The molecule has 2 aromatic carbocycles. The fourth-order valence-electron chi connectivity index (χ4n) is 4.31. The number of anilines is 2. The van der Waals surface area contributed by atoms with Gasteiger partial charge in [-0.1, -0.05) is 18.2 Å². The van der Waals surface area contributed by atoms with Crippen molar-refractivity contribution in [2.45, 2.75) is 6.92 Å². The number of carbonyl (C=O) groups excluding carboxylic acids is 2. The molecule has 1 aliphatic heterocycles. The summed E-state index contributed by atoms with van der Waals surface area (Å²) in [5.41, 5.74) is 4.67. The van der Waals surface area contributed by atoms with Crippen LogP contribution in [0, 0.1) is 6.92 Å². The Labute approximate surface area is 179 Å². The Morgan fingerprint density at radius 3 is 2.61 bits per heavy atom. The van der Waals surface area contributed by atoms with E-state index in [0.717, 1.165) is 27.5 Å². The Morgan fingerprint density at radius 2 is 1.84 bits per heavy atom. The van der Waals surface area contributed by atoms with Crippen LogP contribution in [0.5, 0.6) is 0 Å². The summed E-state index contributed by atoms with van der Waals surface area (Å²) < 4.78 is 1.99. The minimum absolute atomic E-state index is 0.0270. The molecule has 31 heavy (non-hydrogen) atoms. The van der Waals surface area contributed by atoms with Crippen molar-refractivity contribution in [1.29, 1.82) is 0 Å². The Kier molecular flexibility index (Phi) is 4.39. The fourth-order valence-corrected chi connectivity index (χ4v) is 4.31. The third-order valence-corrected chi connectivity index (χ3v) is 5.96. The molecule has 0 bridgehead atoms. The SMILES string of the molecule is Cc1cnc2c(NC(=O)c3cccc4c3ccn4C)cccc2c1N1CCN(C)C1=O. The van der Waals surface area contributed by atoms with Crippen LogP contribution in [0.25, 0.3) is 21.8 Å². The van der Waals surface area contributed by atoms with Crippen molar-refractivity contribution < 1.29 is 9.59 Å².